The maximum absolute atomic E-state index is 12.1. The minimum atomic E-state index is -0.528. The van der Waals surface area contributed by atoms with E-state index in [1.165, 1.54) is 16.7 Å². The monoisotopic (exact) mass is 336 g/mol. The summed E-state index contributed by atoms with van der Waals surface area (Å²) in [4.78, 5) is 28.4. The molecule has 3 aromatic rings. The van der Waals surface area contributed by atoms with Crippen LogP contribution in [0.1, 0.15) is 11.3 Å². The molecule has 112 valence electrons. The first-order valence-corrected chi connectivity index (χ1v) is 7.11. The first kappa shape index (κ1) is 14.7. The highest BCUT2D eigenvalue weighted by atomic mass is 35.5. The molecule has 8 heteroatoms. The second-order valence-electron chi connectivity index (χ2n) is 4.79. The van der Waals surface area contributed by atoms with Crippen LogP contribution >= 0.6 is 23.2 Å². The predicted molar refractivity (Wildman–Crippen MR) is 83.8 cm³/mol. The molecule has 3 heterocycles. The van der Waals surface area contributed by atoms with Crippen LogP contribution in [-0.2, 0) is 6.54 Å². The molecule has 0 aliphatic rings. The van der Waals surface area contributed by atoms with Gasteiger partial charge in [0.05, 0.1) is 23.5 Å². The average Bonchev–Trinajstić information content (AvgIpc) is 2.49. The van der Waals surface area contributed by atoms with Crippen LogP contribution in [0.15, 0.2) is 40.2 Å². The molecular formula is C14H10Cl2N4O2. The van der Waals surface area contributed by atoms with Gasteiger partial charge in [0.2, 0.25) is 0 Å². The third-order valence-corrected chi connectivity index (χ3v) is 3.86. The van der Waals surface area contributed by atoms with E-state index in [4.69, 9.17) is 23.2 Å². The number of halogens is 2. The van der Waals surface area contributed by atoms with E-state index in [0.29, 0.717) is 11.3 Å². The Bertz CT molecular complexity index is 994. The summed E-state index contributed by atoms with van der Waals surface area (Å²) in [7, 11) is 0. The van der Waals surface area contributed by atoms with Gasteiger partial charge in [0.1, 0.15) is 10.7 Å². The predicted octanol–water partition coefficient (Wildman–Crippen LogP) is 1.91. The Kier molecular flexibility index (Phi) is 3.72. The van der Waals surface area contributed by atoms with Gasteiger partial charge in [-0.1, -0.05) is 29.3 Å². The lowest BCUT2D eigenvalue weighted by atomic mass is 10.3. The lowest BCUT2D eigenvalue weighted by Gasteiger charge is -2.07. The Balaban J connectivity index is 2.09. The Morgan fingerprint density at radius 2 is 2.00 bits per heavy atom. The molecule has 0 N–H and O–H groups in total. The topological polar surface area (TPSA) is 69.3 Å². The van der Waals surface area contributed by atoms with E-state index in [2.05, 4.69) is 10.1 Å². The van der Waals surface area contributed by atoms with Crippen molar-refractivity contribution in [3.05, 3.63) is 72.6 Å². The van der Waals surface area contributed by atoms with Crippen LogP contribution in [0, 0.1) is 6.92 Å². The standard InChI is InChI=1S/C14H10Cl2N4O2/c1-8-2-3-11-18-9(4-12(21)19(11)6-8)7-20-14(22)13(16)10(15)5-17-20/h2-6H,7H2,1H3. The molecule has 0 amide bonds. The maximum atomic E-state index is 12.1. The Morgan fingerprint density at radius 1 is 1.23 bits per heavy atom. The Labute approximate surface area is 134 Å². The zero-order valence-corrected chi connectivity index (χ0v) is 13.0. The first-order valence-electron chi connectivity index (χ1n) is 6.36. The van der Waals surface area contributed by atoms with Crippen LogP contribution in [-0.4, -0.2) is 19.2 Å². The second-order valence-corrected chi connectivity index (χ2v) is 5.57. The van der Waals surface area contributed by atoms with Crippen LogP contribution in [0.3, 0.4) is 0 Å². The maximum Gasteiger partial charge on any atom is 0.287 e. The summed E-state index contributed by atoms with van der Waals surface area (Å²) in [5.74, 6) is 0. The van der Waals surface area contributed by atoms with E-state index < -0.39 is 5.56 Å². The van der Waals surface area contributed by atoms with Gasteiger partial charge in [-0.05, 0) is 18.6 Å². The van der Waals surface area contributed by atoms with Crippen molar-refractivity contribution in [3.8, 4) is 0 Å². The van der Waals surface area contributed by atoms with Gasteiger partial charge in [0.25, 0.3) is 11.1 Å². The van der Waals surface area contributed by atoms with Gasteiger partial charge in [0, 0.05) is 12.3 Å². The van der Waals surface area contributed by atoms with Crippen molar-refractivity contribution in [1.82, 2.24) is 19.2 Å². The van der Waals surface area contributed by atoms with Crippen molar-refractivity contribution in [2.24, 2.45) is 0 Å². The van der Waals surface area contributed by atoms with E-state index in [1.807, 2.05) is 13.0 Å². The average molecular weight is 337 g/mol. The molecular weight excluding hydrogens is 327 g/mol. The molecule has 3 rings (SSSR count). The van der Waals surface area contributed by atoms with Gasteiger partial charge < -0.3 is 0 Å². The summed E-state index contributed by atoms with van der Waals surface area (Å²) in [6, 6.07) is 4.96. The van der Waals surface area contributed by atoms with Crippen molar-refractivity contribution in [2.75, 3.05) is 0 Å². The zero-order chi connectivity index (χ0) is 15.9. The Hall–Kier alpha value is -2.18. The van der Waals surface area contributed by atoms with Crippen LogP contribution < -0.4 is 11.1 Å². The highest BCUT2D eigenvalue weighted by Crippen LogP contribution is 2.14. The number of aryl methyl sites for hydroxylation is 1. The molecule has 0 aliphatic heterocycles. The van der Waals surface area contributed by atoms with Gasteiger partial charge in [-0.15, -0.1) is 0 Å². The summed E-state index contributed by atoms with van der Waals surface area (Å²) < 4.78 is 2.56. The minimum Gasteiger partial charge on any atom is -0.269 e. The number of nitrogens with zero attached hydrogens (tertiary/aromatic N) is 4. The lowest BCUT2D eigenvalue weighted by molar-refractivity contribution is 0.627. The van der Waals surface area contributed by atoms with Crippen LogP contribution in [0.2, 0.25) is 10.0 Å². The molecule has 0 atom stereocenters. The number of pyridine rings is 1. The van der Waals surface area contributed by atoms with E-state index in [9.17, 15) is 9.59 Å². The van der Waals surface area contributed by atoms with Gasteiger partial charge >= 0.3 is 0 Å². The van der Waals surface area contributed by atoms with Gasteiger partial charge in [-0.3, -0.25) is 14.0 Å². The fourth-order valence-corrected chi connectivity index (χ4v) is 2.32. The summed E-state index contributed by atoms with van der Waals surface area (Å²) in [6.45, 7) is 1.92. The SMILES string of the molecule is Cc1ccc2nc(Cn3ncc(Cl)c(Cl)c3=O)cc(=O)n2c1. The normalized spacial score (nSPS) is 11.0. The summed E-state index contributed by atoms with van der Waals surface area (Å²) >= 11 is 11.5. The third-order valence-electron chi connectivity index (χ3n) is 3.11. The molecule has 22 heavy (non-hydrogen) atoms. The molecule has 0 saturated carbocycles. The molecule has 0 radical (unpaired) electrons. The van der Waals surface area contributed by atoms with E-state index in [0.717, 1.165) is 10.2 Å². The molecule has 0 aromatic carbocycles. The fraction of sp³-hybridized carbons (Fsp3) is 0.143. The molecule has 6 nitrogen and oxygen atoms in total. The fourth-order valence-electron chi connectivity index (χ4n) is 2.05. The van der Waals surface area contributed by atoms with E-state index in [-0.39, 0.29) is 22.1 Å². The van der Waals surface area contributed by atoms with Crippen molar-refractivity contribution in [1.29, 1.82) is 0 Å². The third kappa shape index (κ3) is 2.63. The minimum absolute atomic E-state index is 0.0370. The summed E-state index contributed by atoms with van der Waals surface area (Å²) in [6.07, 6.45) is 2.99. The molecule has 0 fully saturated rings. The smallest absolute Gasteiger partial charge is 0.269 e. The lowest BCUT2D eigenvalue weighted by Crippen LogP contribution is -2.25. The molecule has 3 aromatic heterocycles. The van der Waals surface area contributed by atoms with Crippen molar-refractivity contribution < 1.29 is 0 Å². The number of fused-ring (bicyclic) bond motifs is 1. The van der Waals surface area contributed by atoms with Gasteiger partial charge in [-0.25, -0.2) is 9.67 Å². The highest BCUT2D eigenvalue weighted by molar-refractivity contribution is 6.41. The molecule has 0 bridgehead atoms. The number of hydrogen-bond acceptors (Lipinski definition) is 4. The van der Waals surface area contributed by atoms with Crippen LogP contribution in [0.5, 0.6) is 0 Å². The second kappa shape index (κ2) is 5.55. The van der Waals surface area contributed by atoms with Crippen LogP contribution in [0.25, 0.3) is 5.65 Å². The van der Waals surface area contributed by atoms with Crippen molar-refractivity contribution in [3.63, 3.8) is 0 Å². The van der Waals surface area contributed by atoms with Crippen molar-refractivity contribution >= 4 is 28.8 Å². The molecule has 0 unspecified atom stereocenters. The highest BCUT2D eigenvalue weighted by Gasteiger charge is 2.10. The van der Waals surface area contributed by atoms with Crippen LogP contribution in [0.4, 0.5) is 0 Å². The number of rotatable bonds is 2. The number of hydrogen-bond donors (Lipinski definition) is 0. The summed E-state index contributed by atoms with van der Waals surface area (Å²) in [5.41, 5.74) is 1.12. The van der Waals surface area contributed by atoms with E-state index >= 15 is 0 Å². The first-order chi connectivity index (χ1) is 10.5. The van der Waals surface area contributed by atoms with Gasteiger partial charge in [0.15, 0.2) is 0 Å². The Morgan fingerprint density at radius 3 is 2.77 bits per heavy atom. The zero-order valence-electron chi connectivity index (χ0n) is 11.5. The molecule has 0 spiro atoms. The van der Waals surface area contributed by atoms with Crippen molar-refractivity contribution in [2.45, 2.75) is 13.5 Å². The van der Waals surface area contributed by atoms with E-state index in [1.54, 1.807) is 12.3 Å². The van der Waals surface area contributed by atoms with Gasteiger partial charge in [-0.2, -0.15) is 5.10 Å². The quantitative estimate of drug-likeness (QED) is 0.716. The molecule has 0 aliphatic carbocycles. The molecule has 0 saturated heterocycles. The largest absolute Gasteiger partial charge is 0.287 e. The summed E-state index contributed by atoms with van der Waals surface area (Å²) in [5, 5.41) is 3.88. The number of aromatic nitrogens is 4.